The van der Waals surface area contributed by atoms with Gasteiger partial charge in [-0.05, 0) is 68.3 Å². The minimum Gasteiger partial charge on any atom is -0.309 e. The Balaban J connectivity index is 2.06. The van der Waals surface area contributed by atoms with Gasteiger partial charge in [0.05, 0.1) is 4.90 Å². The number of alkyl halides is 3. The van der Waals surface area contributed by atoms with Crippen molar-refractivity contribution in [1.29, 1.82) is 0 Å². The van der Waals surface area contributed by atoms with Crippen molar-refractivity contribution in [2.24, 2.45) is 0 Å². The Kier molecular flexibility index (Phi) is 5.66. The molecule has 0 saturated heterocycles. The van der Waals surface area contributed by atoms with Gasteiger partial charge in [-0.15, -0.1) is 0 Å². The molecule has 10 heteroatoms. The van der Waals surface area contributed by atoms with E-state index in [1.54, 1.807) is 0 Å². The van der Waals surface area contributed by atoms with Crippen LogP contribution in [-0.2, 0) is 20.5 Å². The highest BCUT2D eigenvalue weighted by atomic mass is 32.2. The molecule has 0 bridgehead atoms. The van der Waals surface area contributed by atoms with Crippen molar-refractivity contribution in [3.63, 3.8) is 0 Å². The fourth-order valence-corrected chi connectivity index (χ4v) is 6.54. The fourth-order valence-electron chi connectivity index (χ4n) is 3.16. The Labute approximate surface area is 170 Å². The highest BCUT2D eigenvalue weighted by Gasteiger charge is 2.44. The molecule has 1 fully saturated rings. The molecule has 30 heavy (non-hydrogen) atoms. The number of rotatable bonds is 4. The summed E-state index contributed by atoms with van der Waals surface area (Å²) in [5.41, 5.74) is -1.21. The van der Waals surface area contributed by atoms with Gasteiger partial charge in [0.15, 0.2) is 0 Å². The van der Waals surface area contributed by atoms with E-state index in [4.69, 9.17) is 0 Å². The third kappa shape index (κ3) is 3.80. The zero-order chi connectivity index (χ0) is 22.3. The van der Waals surface area contributed by atoms with Gasteiger partial charge in [-0.1, -0.05) is 6.07 Å². The standard InChI is InChI=1S/C20H19F5N2O2S/c1-19(2,18(28)27-17-8-4-7-16(26-17)20(23,24)25)30(29,13-5-3-6-13)15-11-12(21)9-10-14(15)22/h4,7-11H,3,5-6H2,1-2H3,(H,26,27,28). The van der Waals surface area contributed by atoms with Crippen molar-refractivity contribution in [3.8, 4) is 0 Å². The zero-order valence-corrected chi connectivity index (χ0v) is 17.0. The van der Waals surface area contributed by atoms with Crippen LogP contribution in [0.4, 0.5) is 27.8 Å². The summed E-state index contributed by atoms with van der Waals surface area (Å²) < 4.78 is 79.4. The normalized spacial score (nSPS) is 16.6. The molecule has 0 aliphatic heterocycles. The van der Waals surface area contributed by atoms with Crippen LogP contribution in [0, 0.1) is 11.6 Å². The van der Waals surface area contributed by atoms with E-state index in [-0.39, 0.29) is 5.82 Å². The highest BCUT2D eigenvalue weighted by molar-refractivity contribution is 8.04. The number of anilines is 1. The Morgan fingerprint density at radius 3 is 2.33 bits per heavy atom. The Bertz CT molecular complexity index is 1110. The molecule has 1 amide bonds. The molecule has 1 aliphatic rings. The van der Waals surface area contributed by atoms with Crippen LogP contribution in [0.2, 0.25) is 0 Å². The van der Waals surface area contributed by atoms with Gasteiger partial charge in [-0.25, -0.2) is 13.8 Å². The van der Waals surface area contributed by atoms with E-state index in [1.165, 1.54) is 13.8 Å². The van der Waals surface area contributed by atoms with E-state index in [0.717, 1.165) is 36.4 Å². The fraction of sp³-hybridized carbons (Fsp3) is 0.350. The Morgan fingerprint density at radius 1 is 1.10 bits per heavy atom. The maximum atomic E-state index is 14.6. The lowest BCUT2D eigenvalue weighted by Crippen LogP contribution is -2.48. The van der Waals surface area contributed by atoms with Crippen molar-refractivity contribution < 1.29 is 31.0 Å². The first-order valence-corrected chi connectivity index (χ1v) is 10.6. The molecule has 1 aromatic carbocycles. The zero-order valence-electron chi connectivity index (χ0n) is 16.1. The van der Waals surface area contributed by atoms with Gasteiger partial charge in [0.25, 0.3) is 0 Å². The number of benzene rings is 1. The van der Waals surface area contributed by atoms with E-state index >= 15 is 0 Å². The number of pyridine rings is 1. The minimum absolute atomic E-state index is 0.382. The molecule has 162 valence electrons. The first kappa shape index (κ1) is 22.2. The third-order valence-electron chi connectivity index (χ3n) is 5.07. The summed E-state index contributed by atoms with van der Waals surface area (Å²) in [6.45, 7) is 2.60. The number of carbonyl (C=O) groups excluding carboxylic acids is 1. The second kappa shape index (κ2) is 7.64. The van der Waals surface area contributed by atoms with Crippen molar-refractivity contribution in [2.75, 3.05) is 5.32 Å². The molecule has 1 atom stereocenters. The number of nitrogens with one attached hydrogen (secondary N) is 1. The van der Waals surface area contributed by atoms with E-state index in [0.29, 0.717) is 24.1 Å². The van der Waals surface area contributed by atoms with Crippen molar-refractivity contribution in [2.45, 2.75) is 48.9 Å². The number of nitrogens with zero attached hydrogens (tertiary/aromatic N) is 1. The van der Waals surface area contributed by atoms with Gasteiger partial charge in [0, 0.05) is 9.52 Å². The van der Waals surface area contributed by atoms with Crippen LogP contribution in [-0.4, -0.2) is 24.7 Å². The number of hydrogen-bond donors (Lipinski definition) is 1. The number of hydrogen-bond acceptors (Lipinski definition) is 3. The van der Waals surface area contributed by atoms with Crippen LogP contribution >= 0.6 is 0 Å². The van der Waals surface area contributed by atoms with Crippen LogP contribution in [0.1, 0.15) is 38.8 Å². The van der Waals surface area contributed by atoms with Crippen LogP contribution in [0.5, 0.6) is 0 Å². The second-order valence-electron chi connectivity index (χ2n) is 7.39. The average molecular weight is 446 g/mol. The summed E-state index contributed by atoms with van der Waals surface area (Å²) in [6.07, 6.45) is -3.26. The highest BCUT2D eigenvalue weighted by Crippen LogP contribution is 2.36. The largest absolute Gasteiger partial charge is 0.433 e. The number of carbonyl (C=O) groups is 1. The van der Waals surface area contributed by atoms with Crippen molar-refractivity contribution in [3.05, 3.63) is 53.7 Å². The lowest BCUT2D eigenvalue weighted by molar-refractivity contribution is -0.141. The summed E-state index contributed by atoms with van der Waals surface area (Å²) >= 11 is 0. The van der Waals surface area contributed by atoms with E-state index in [9.17, 15) is 31.0 Å². The third-order valence-corrected chi connectivity index (χ3v) is 8.84. The van der Waals surface area contributed by atoms with Gasteiger partial charge in [0.2, 0.25) is 5.91 Å². The van der Waals surface area contributed by atoms with E-state index in [1.807, 2.05) is 0 Å². The van der Waals surface area contributed by atoms with Crippen LogP contribution in [0.15, 0.2) is 41.3 Å². The quantitative estimate of drug-likeness (QED) is 0.543. The molecular formula is C20H19F5N2O2S. The predicted molar refractivity (Wildman–Crippen MR) is 104 cm³/mol. The summed E-state index contributed by atoms with van der Waals surface area (Å²) in [6, 6.07) is 5.50. The SMILES string of the molecule is CC(C)(C(=O)Nc1cccc(C(F)(F)F)n1)S(=O)(=C1CCC1)c1cc(F)ccc1F. The molecule has 0 radical (unpaired) electrons. The lowest BCUT2D eigenvalue weighted by atomic mass is 10.0. The maximum Gasteiger partial charge on any atom is 0.433 e. The van der Waals surface area contributed by atoms with Crippen LogP contribution < -0.4 is 5.32 Å². The molecule has 1 aromatic heterocycles. The van der Waals surface area contributed by atoms with E-state index < -0.39 is 48.6 Å². The molecule has 4 nitrogen and oxygen atoms in total. The minimum atomic E-state index is -4.71. The topological polar surface area (TPSA) is 59.1 Å². The first-order chi connectivity index (χ1) is 13.9. The molecular weight excluding hydrogens is 427 g/mol. The lowest BCUT2D eigenvalue weighted by Gasteiger charge is -2.35. The molecule has 2 aromatic rings. The first-order valence-electron chi connectivity index (χ1n) is 9.06. The van der Waals surface area contributed by atoms with Gasteiger partial charge < -0.3 is 5.32 Å². The average Bonchev–Trinajstić information content (AvgIpc) is 2.61. The second-order valence-corrected chi connectivity index (χ2v) is 10.5. The van der Waals surface area contributed by atoms with Gasteiger partial charge >= 0.3 is 6.18 Å². The Morgan fingerprint density at radius 2 is 1.77 bits per heavy atom. The molecule has 1 unspecified atom stereocenters. The number of halogens is 5. The summed E-state index contributed by atoms with van der Waals surface area (Å²) in [5.74, 6) is -3.03. The monoisotopic (exact) mass is 446 g/mol. The Hall–Kier alpha value is -2.49. The van der Waals surface area contributed by atoms with Crippen LogP contribution in [0.3, 0.4) is 0 Å². The summed E-state index contributed by atoms with van der Waals surface area (Å²) in [5, 5.41) is 2.25. The molecule has 1 N–H and O–H groups in total. The smallest absolute Gasteiger partial charge is 0.309 e. The predicted octanol–water partition coefficient (Wildman–Crippen LogP) is 4.80. The molecule has 1 aliphatic carbocycles. The van der Waals surface area contributed by atoms with Crippen molar-refractivity contribution >= 4 is 26.1 Å². The van der Waals surface area contributed by atoms with Crippen molar-refractivity contribution in [1.82, 2.24) is 4.98 Å². The van der Waals surface area contributed by atoms with Crippen LogP contribution in [0.25, 0.3) is 0 Å². The summed E-state index contributed by atoms with van der Waals surface area (Å²) in [4.78, 5) is 16.4. The molecule has 3 rings (SSSR count). The van der Waals surface area contributed by atoms with E-state index in [2.05, 4.69) is 10.3 Å². The maximum absolute atomic E-state index is 14.6. The van der Waals surface area contributed by atoms with Gasteiger partial charge in [-0.2, -0.15) is 13.2 Å². The number of aromatic nitrogens is 1. The molecule has 0 spiro atoms. The molecule has 1 saturated carbocycles. The van der Waals surface area contributed by atoms with Gasteiger partial charge in [0.1, 0.15) is 27.9 Å². The number of amides is 1. The molecule has 1 heterocycles. The van der Waals surface area contributed by atoms with Gasteiger partial charge in [-0.3, -0.25) is 9.00 Å². The summed E-state index contributed by atoms with van der Waals surface area (Å²) in [7, 11) is -3.56.